The third-order valence-electron chi connectivity index (χ3n) is 13.6. The van der Waals surface area contributed by atoms with Crippen molar-refractivity contribution in [2.75, 3.05) is 18.1 Å². The second-order valence-corrected chi connectivity index (χ2v) is 20.7. The van der Waals surface area contributed by atoms with Crippen LogP contribution >= 0.6 is 25.3 Å². The average Bonchev–Trinajstić information content (AvgIpc) is 4.10. The number of primary amides is 1. The fourth-order valence-corrected chi connectivity index (χ4v) is 9.59. The molecular formula is C57H72N12O9S2. The van der Waals surface area contributed by atoms with Crippen LogP contribution in [-0.2, 0) is 64.0 Å². The molecule has 6 aromatic rings. The zero-order valence-electron chi connectivity index (χ0n) is 44.6. The Balaban J connectivity index is 1.21. The predicted octanol–water partition coefficient (Wildman–Crippen LogP) is 1.48. The second-order valence-electron chi connectivity index (χ2n) is 19.9. The molecular weight excluding hydrogens is 1060 g/mol. The number of H-pyrrole nitrogens is 2. The maximum Gasteiger partial charge on any atom is 0.244 e. The van der Waals surface area contributed by atoms with Crippen LogP contribution in [0.4, 0.5) is 0 Å². The van der Waals surface area contributed by atoms with Gasteiger partial charge in [-0.3, -0.25) is 38.4 Å². The monoisotopic (exact) mass is 1130 g/mol. The molecule has 0 saturated heterocycles. The van der Waals surface area contributed by atoms with Crippen LogP contribution in [0, 0.1) is 5.92 Å². The normalized spacial score (nSPS) is 14.3. The van der Waals surface area contributed by atoms with Crippen molar-refractivity contribution in [3.63, 3.8) is 0 Å². The molecule has 426 valence electrons. The number of nitrogens with one attached hydrogen (secondary N) is 9. The first-order valence-electron chi connectivity index (χ1n) is 26.4. The molecule has 0 radical (unpaired) electrons. The number of amides is 8. The van der Waals surface area contributed by atoms with Gasteiger partial charge in [-0.2, -0.15) is 25.3 Å². The van der Waals surface area contributed by atoms with E-state index in [1.54, 1.807) is 38.4 Å². The van der Waals surface area contributed by atoms with Crippen molar-refractivity contribution in [2.24, 2.45) is 23.1 Å². The van der Waals surface area contributed by atoms with Crippen LogP contribution in [0.15, 0.2) is 116 Å². The lowest BCUT2D eigenvalue weighted by Gasteiger charge is -2.29. The number of carbonyl (C=O) groups is 8. The van der Waals surface area contributed by atoms with E-state index in [2.05, 4.69) is 72.4 Å². The van der Waals surface area contributed by atoms with Crippen LogP contribution in [0.25, 0.3) is 21.8 Å². The van der Waals surface area contributed by atoms with E-state index in [0.717, 1.165) is 32.9 Å². The summed E-state index contributed by atoms with van der Waals surface area (Å²) in [6.45, 7) is 3.64. The Morgan fingerprint density at radius 3 is 1.46 bits per heavy atom. The van der Waals surface area contributed by atoms with E-state index in [1.807, 2.05) is 78.9 Å². The van der Waals surface area contributed by atoms with Crippen LogP contribution in [0.2, 0.25) is 0 Å². The molecule has 16 N–H and O–H groups in total. The fraction of sp³-hybridized carbons (Fsp3) is 0.368. The Labute approximate surface area is 474 Å². The number of aromatic nitrogens is 2. The van der Waals surface area contributed by atoms with Gasteiger partial charge in [0.05, 0.1) is 6.04 Å². The standard InChI is InChI=1S/C57H72N12O9S2/c1-32(2)49(57(78)68-48(31-80)55(76)64-44(50(60)71)26-35-28-61-41-16-8-6-14-38(35)41)69-52(73)43(18-10-11-23-58)63-54(75)46(27-36-29-62-42-17-9-7-15-39(36)42)66-53(74)45(25-34-19-21-37(70)22-20-34)65-56(77)47(30-79)67-51(72)40(59)24-33-12-4-3-5-13-33/h3-9,12-17,19-22,28-29,32,40,43-49,61-62,70,79-80H,10-11,18,23-27,30-31,58-59H2,1-2H3,(H2,60,71)(H,63,75)(H,64,76)(H,65,77)(H,66,74)(H,67,72)(H,68,78)(H,69,73)/t40-,43+,44+,45+,46-,47+,48+,49+/m1/s1. The number of benzene rings is 4. The number of thiol groups is 2. The fourth-order valence-electron chi connectivity index (χ4n) is 9.08. The molecule has 0 aliphatic rings. The van der Waals surface area contributed by atoms with Gasteiger partial charge < -0.3 is 69.5 Å². The summed E-state index contributed by atoms with van der Waals surface area (Å²) in [6.07, 6.45) is 4.35. The summed E-state index contributed by atoms with van der Waals surface area (Å²) in [6, 6.07) is 19.9. The minimum atomic E-state index is -1.39. The molecule has 2 heterocycles. The average molecular weight is 1130 g/mol. The van der Waals surface area contributed by atoms with Crippen molar-refractivity contribution in [1.82, 2.24) is 47.2 Å². The zero-order valence-corrected chi connectivity index (χ0v) is 46.4. The molecule has 80 heavy (non-hydrogen) atoms. The molecule has 2 aromatic heterocycles. The topological polar surface area (TPSA) is 351 Å². The molecule has 21 nitrogen and oxygen atoms in total. The number of carbonyl (C=O) groups excluding carboxylic acids is 8. The Bertz CT molecular complexity index is 3080. The van der Waals surface area contributed by atoms with Crippen LogP contribution in [0.3, 0.4) is 0 Å². The van der Waals surface area contributed by atoms with Gasteiger partial charge in [0.2, 0.25) is 47.3 Å². The first-order valence-corrected chi connectivity index (χ1v) is 27.7. The van der Waals surface area contributed by atoms with Gasteiger partial charge in [-0.1, -0.05) is 92.7 Å². The number of aromatic amines is 2. The molecule has 6 rings (SSSR count). The van der Waals surface area contributed by atoms with E-state index >= 15 is 0 Å². The van der Waals surface area contributed by atoms with Crippen molar-refractivity contribution in [1.29, 1.82) is 0 Å². The first kappa shape index (κ1) is 61.4. The number of nitrogens with two attached hydrogens (primary N) is 3. The van der Waals surface area contributed by atoms with Crippen molar-refractivity contribution in [3.05, 3.63) is 138 Å². The Morgan fingerprint density at radius 1 is 0.500 bits per heavy atom. The lowest BCUT2D eigenvalue weighted by Crippen LogP contribution is -2.61. The molecule has 0 fully saturated rings. The summed E-state index contributed by atoms with van der Waals surface area (Å²) in [5.74, 6) is -6.97. The highest BCUT2D eigenvalue weighted by atomic mass is 32.1. The van der Waals surface area contributed by atoms with Gasteiger partial charge in [-0.05, 0) is 84.7 Å². The number of phenols is 1. The molecule has 0 aliphatic carbocycles. The quantitative estimate of drug-likeness (QED) is 0.0226. The minimum Gasteiger partial charge on any atom is -0.508 e. The van der Waals surface area contributed by atoms with Crippen molar-refractivity contribution < 1.29 is 43.5 Å². The Hall–Kier alpha value is -7.86. The lowest BCUT2D eigenvalue weighted by molar-refractivity contribution is -0.136. The van der Waals surface area contributed by atoms with Crippen molar-refractivity contribution >= 4 is 94.3 Å². The molecule has 4 aromatic carbocycles. The summed E-state index contributed by atoms with van der Waals surface area (Å²) >= 11 is 8.65. The van der Waals surface area contributed by atoms with Crippen LogP contribution in [-0.4, -0.2) is 129 Å². The van der Waals surface area contributed by atoms with E-state index in [4.69, 9.17) is 17.2 Å². The molecule has 0 spiro atoms. The van der Waals surface area contributed by atoms with Crippen LogP contribution < -0.4 is 54.4 Å². The number of hydrogen-bond donors (Lipinski definition) is 15. The number of fused-ring (bicyclic) bond motifs is 2. The predicted molar refractivity (Wildman–Crippen MR) is 312 cm³/mol. The van der Waals surface area contributed by atoms with Gasteiger partial charge in [-0.25, -0.2) is 0 Å². The lowest BCUT2D eigenvalue weighted by atomic mass is 10.00. The molecule has 0 aliphatic heterocycles. The maximum absolute atomic E-state index is 14.8. The molecule has 23 heteroatoms. The smallest absolute Gasteiger partial charge is 0.244 e. The Morgan fingerprint density at radius 2 is 0.938 bits per heavy atom. The van der Waals surface area contributed by atoms with Crippen LogP contribution in [0.5, 0.6) is 5.75 Å². The Kier molecular flexibility index (Phi) is 23.0. The second kappa shape index (κ2) is 29.9. The number of aromatic hydroxyl groups is 1. The number of unbranched alkanes of at least 4 members (excludes halogenated alkanes) is 1. The van der Waals surface area contributed by atoms with E-state index in [-0.39, 0.29) is 55.9 Å². The van der Waals surface area contributed by atoms with Crippen LogP contribution in [0.1, 0.15) is 55.4 Å². The number of rotatable bonds is 30. The SMILES string of the molecule is CC(C)[C@H](NC(=O)[C@H](CCCCN)NC(=O)[C@@H](Cc1c[nH]c2ccccc12)NC(=O)[C@H](Cc1ccc(O)cc1)NC(=O)[C@H](CS)NC(=O)[C@H](N)Cc1ccccc1)C(=O)N[C@@H](CS)C(=O)N[C@@H](Cc1c[nH]c2ccccc12)C(N)=O. The highest BCUT2D eigenvalue weighted by Crippen LogP contribution is 2.22. The van der Waals surface area contributed by atoms with Gasteiger partial charge >= 0.3 is 0 Å². The summed E-state index contributed by atoms with van der Waals surface area (Å²) in [5.41, 5.74) is 22.1. The van der Waals surface area contributed by atoms with E-state index in [0.29, 0.717) is 24.0 Å². The van der Waals surface area contributed by atoms with Gasteiger partial charge in [-0.15, -0.1) is 0 Å². The highest BCUT2D eigenvalue weighted by molar-refractivity contribution is 7.80. The van der Waals surface area contributed by atoms with Gasteiger partial charge in [0.15, 0.2) is 0 Å². The number of hydrogen-bond acceptors (Lipinski definition) is 13. The third-order valence-corrected chi connectivity index (χ3v) is 14.3. The summed E-state index contributed by atoms with van der Waals surface area (Å²) < 4.78 is 0. The molecule has 0 bridgehead atoms. The zero-order chi connectivity index (χ0) is 57.9. The van der Waals surface area contributed by atoms with Crippen molar-refractivity contribution in [3.8, 4) is 5.75 Å². The minimum absolute atomic E-state index is 0.0396. The highest BCUT2D eigenvalue weighted by Gasteiger charge is 2.35. The molecule has 0 unspecified atom stereocenters. The van der Waals surface area contributed by atoms with Gasteiger partial charge in [0.1, 0.15) is 48.0 Å². The largest absolute Gasteiger partial charge is 0.508 e. The summed E-state index contributed by atoms with van der Waals surface area (Å²) in [4.78, 5) is 118. The maximum atomic E-state index is 14.8. The summed E-state index contributed by atoms with van der Waals surface area (Å²) in [5, 5.41) is 30.7. The molecule has 8 atom stereocenters. The van der Waals surface area contributed by atoms with E-state index < -0.39 is 102 Å². The third kappa shape index (κ3) is 17.3. The van der Waals surface area contributed by atoms with E-state index in [1.165, 1.54) is 12.1 Å². The molecule has 8 amide bonds. The van der Waals surface area contributed by atoms with E-state index in [9.17, 15) is 43.5 Å². The van der Waals surface area contributed by atoms with Gasteiger partial charge in [0, 0.05) is 65.0 Å². The van der Waals surface area contributed by atoms with Crippen molar-refractivity contribution in [2.45, 2.75) is 107 Å². The number of para-hydroxylation sites is 2. The first-order chi connectivity index (χ1) is 38.4. The number of phenolic OH excluding ortho intramolecular Hbond substituents is 1. The van der Waals surface area contributed by atoms with Gasteiger partial charge in [0.25, 0.3) is 0 Å². The molecule has 0 saturated carbocycles. The summed E-state index contributed by atoms with van der Waals surface area (Å²) in [7, 11) is 0.